The molecule has 0 bridgehead atoms. The van der Waals surface area contributed by atoms with Gasteiger partial charge in [-0.1, -0.05) is 30.3 Å². The van der Waals surface area contributed by atoms with Crippen molar-refractivity contribution in [2.24, 2.45) is 0 Å². The zero-order valence-corrected chi connectivity index (χ0v) is 13.5. The Morgan fingerprint density at radius 3 is 2.54 bits per heavy atom. The first kappa shape index (κ1) is 15.8. The monoisotopic (exact) mass is 322 g/mol. The normalized spacial score (nSPS) is 14.8. The summed E-state index contributed by atoms with van der Waals surface area (Å²) in [6, 6.07) is 11.9. The van der Waals surface area contributed by atoms with Gasteiger partial charge in [-0.15, -0.1) is 0 Å². The van der Waals surface area contributed by atoms with Crippen LogP contribution in [0.15, 0.2) is 34.7 Å². The zero-order valence-electron chi connectivity index (χ0n) is 13.5. The number of hydrogen-bond acceptors (Lipinski definition) is 5. The molecular weight excluding hydrogens is 304 g/mol. The van der Waals surface area contributed by atoms with E-state index in [0.717, 1.165) is 5.56 Å². The number of amides is 1. The lowest BCUT2D eigenvalue weighted by molar-refractivity contribution is -0.129. The molecule has 24 heavy (non-hydrogen) atoms. The number of carbonyl (C=O) groups is 1. The van der Waals surface area contributed by atoms with Gasteiger partial charge in [-0.25, -0.2) is 0 Å². The third-order valence-electron chi connectivity index (χ3n) is 3.96. The Kier molecular flexibility index (Phi) is 4.62. The van der Waals surface area contributed by atoms with Gasteiger partial charge in [-0.2, -0.15) is 10.2 Å². The summed E-state index contributed by atoms with van der Waals surface area (Å²) in [4.78, 5) is 19.4. The Bertz CT molecular complexity index is 781. The summed E-state index contributed by atoms with van der Waals surface area (Å²) in [6.45, 7) is 4.07. The van der Waals surface area contributed by atoms with Crippen molar-refractivity contribution in [3.63, 3.8) is 0 Å². The molecule has 2 aromatic rings. The lowest BCUT2D eigenvalue weighted by atomic mass is 10.2. The van der Waals surface area contributed by atoms with E-state index in [1.807, 2.05) is 41.3 Å². The van der Waals surface area contributed by atoms with Crippen molar-refractivity contribution in [3.05, 3.63) is 47.5 Å². The van der Waals surface area contributed by atoms with Crippen LogP contribution in [-0.2, 0) is 4.79 Å². The molecule has 3 rings (SSSR count). The van der Waals surface area contributed by atoms with E-state index in [0.29, 0.717) is 38.0 Å². The summed E-state index contributed by atoms with van der Waals surface area (Å²) in [5.41, 5.74) is 1.31. The van der Waals surface area contributed by atoms with Crippen LogP contribution in [0, 0.1) is 11.3 Å². The fourth-order valence-corrected chi connectivity index (χ4v) is 2.64. The Labute approximate surface area is 140 Å². The van der Waals surface area contributed by atoms with Crippen molar-refractivity contribution < 1.29 is 9.21 Å². The van der Waals surface area contributed by atoms with Gasteiger partial charge in [0.25, 0.3) is 0 Å². The molecule has 1 aliphatic heterocycles. The molecule has 0 saturated carbocycles. The molecule has 1 aromatic carbocycles. The van der Waals surface area contributed by atoms with Crippen molar-refractivity contribution in [1.29, 1.82) is 5.26 Å². The van der Waals surface area contributed by atoms with Crippen molar-refractivity contribution in [1.82, 2.24) is 9.88 Å². The smallest absolute Gasteiger partial charge is 0.235 e. The number of piperazine rings is 1. The summed E-state index contributed by atoms with van der Waals surface area (Å²) in [6.07, 6.45) is 3.65. The molecule has 1 saturated heterocycles. The molecule has 1 aromatic heterocycles. The van der Waals surface area contributed by atoms with Gasteiger partial charge in [0.1, 0.15) is 6.07 Å². The van der Waals surface area contributed by atoms with Crippen LogP contribution in [0.4, 0.5) is 5.88 Å². The molecule has 0 N–H and O–H groups in total. The number of nitriles is 1. The maximum atomic E-state index is 11.4. The molecule has 1 aliphatic rings. The lowest BCUT2D eigenvalue weighted by Gasteiger charge is -2.33. The first-order chi connectivity index (χ1) is 11.7. The highest BCUT2D eigenvalue weighted by Crippen LogP contribution is 2.24. The standard InChI is InChI=1S/C18H18N4O2/c1-14(23)21-9-11-22(12-10-21)18-16(13-19)20-17(24-18)8-7-15-5-3-2-4-6-15/h2-8H,9-12H2,1H3/b8-7+. The van der Waals surface area contributed by atoms with Crippen molar-refractivity contribution in [2.75, 3.05) is 31.1 Å². The molecule has 1 amide bonds. The number of benzene rings is 1. The Morgan fingerprint density at radius 2 is 1.92 bits per heavy atom. The van der Waals surface area contributed by atoms with Gasteiger partial charge < -0.3 is 14.2 Å². The molecule has 6 heteroatoms. The fourth-order valence-electron chi connectivity index (χ4n) is 2.64. The number of oxazole rings is 1. The third kappa shape index (κ3) is 3.46. The van der Waals surface area contributed by atoms with Gasteiger partial charge >= 0.3 is 0 Å². The largest absolute Gasteiger partial charge is 0.420 e. The maximum absolute atomic E-state index is 11.4. The van der Waals surface area contributed by atoms with Gasteiger partial charge in [0, 0.05) is 39.2 Å². The van der Waals surface area contributed by atoms with Gasteiger partial charge in [0.2, 0.25) is 23.4 Å². The summed E-state index contributed by atoms with van der Waals surface area (Å²) in [5.74, 6) is 0.951. The third-order valence-corrected chi connectivity index (χ3v) is 3.96. The summed E-state index contributed by atoms with van der Waals surface area (Å²) >= 11 is 0. The Balaban J connectivity index is 1.75. The van der Waals surface area contributed by atoms with Crippen molar-refractivity contribution in [3.8, 4) is 6.07 Å². The molecule has 122 valence electrons. The van der Waals surface area contributed by atoms with Crippen LogP contribution in [0.25, 0.3) is 12.2 Å². The van der Waals surface area contributed by atoms with Crippen LogP contribution >= 0.6 is 0 Å². The summed E-state index contributed by atoms with van der Waals surface area (Å²) < 4.78 is 5.76. The van der Waals surface area contributed by atoms with Crippen LogP contribution in [0.1, 0.15) is 24.1 Å². The predicted octanol–water partition coefficient (Wildman–Crippen LogP) is 2.39. The van der Waals surface area contributed by atoms with Crippen molar-refractivity contribution >= 4 is 23.9 Å². The Morgan fingerprint density at radius 1 is 1.21 bits per heavy atom. The predicted molar refractivity (Wildman–Crippen MR) is 91.1 cm³/mol. The van der Waals surface area contributed by atoms with E-state index < -0.39 is 0 Å². The van der Waals surface area contributed by atoms with E-state index in [1.165, 1.54) is 0 Å². The van der Waals surface area contributed by atoms with Crippen LogP contribution in [0.2, 0.25) is 0 Å². The zero-order chi connectivity index (χ0) is 16.9. The maximum Gasteiger partial charge on any atom is 0.235 e. The van der Waals surface area contributed by atoms with Gasteiger partial charge in [0.15, 0.2) is 0 Å². The first-order valence-corrected chi connectivity index (χ1v) is 7.82. The van der Waals surface area contributed by atoms with Gasteiger partial charge in [-0.3, -0.25) is 4.79 Å². The highest BCUT2D eigenvalue weighted by molar-refractivity contribution is 5.73. The molecule has 2 heterocycles. The second kappa shape index (κ2) is 7.01. The van der Waals surface area contributed by atoms with Gasteiger partial charge in [0.05, 0.1) is 0 Å². The van der Waals surface area contributed by atoms with E-state index in [2.05, 4.69) is 11.1 Å². The minimum atomic E-state index is 0.0687. The molecule has 0 aliphatic carbocycles. The minimum Gasteiger partial charge on any atom is -0.420 e. The highest BCUT2D eigenvalue weighted by atomic mass is 16.4. The number of anilines is 1. The van der Waals surface area contributed by atoms with E-state index >= 15 is 0 Å². The fraction of sp³-hybridized carbons (Fsp3) is 0.278. The summed E-state index contributed by atoms with van der Waals surface area (Å²) in [7, 11) is 0. The lowest BCUT2D eigenvalue weighted by Crippen LogP contribution is -2.48. The number of carbonyl (C=O) groups excluding carboxylic acids is 1. The van der Waals surface area contributed by atoms with Crippen molar-refractivity contribution in [2.45, 2.75) is 6.92 Å². The van der Waals surface area contributed by atoms with E-state index in [4.69, 9.17) is 4.42 Å². The average Bonchev–Trinajstić information content (AvgIpc) is 3.04. The quantitative estimate of drug-likeness (QED) is 0.867. The van der Waals surface area contributed by atoms with E-state index in [9.17, 15) is 10.1 Å². The van der Waals surface area contributed by atoms with Crippen LogP contribution in [0.3, 0.4) is 0 Å². The molecule has 6 nitrogen and oxygen atoms in total. The van der Waals surface area contributed by atoms with Crippen LogP contribution < -0.4 is 4.90 Å². The molecule has 0 atom stereocenters. The molecule has 0 unspecified atom stereocenters. The number of hydrogen-bond donors (Lipinski definition) is 0. The Hall–Kier alpha value is -3.07. The average molecular weight is 322 g/mol. The first-order valence-electron chi connectivity index (χ1n) is 7.82. The molecule has 0 radical (unpaired) electrons. The number of nitrogens with zero attached hydrogens (tertiary/aromatic N) is 4. The van der Waals surface area contributed by atoms with Crippen LogP contribution in [-0.4, -0.2) is 42.0 Å². The van der Waals surface area contributed by atoms with E-state index in [1.54, 1.807) is 17.9 Å². The topological polar surface area (TPSA) is 73.4 Å². The number of aromatic nitrogens is 1. The van der Waals surface area contributed by atoms with E-state index in [-0.39, 0.29) is 11.6 Å². The minimum absolute atomic E-state index is 0.0687. The highest BCUT2D eigenvalue weighted by Gasteiger charge is 2.24. The second-order valence-electron chi connectivity index (χ2n) is 5.55. The molecule has 0 spiro atoms. The SMILES string of the molecule is CC(=O)N1CCN(c2oc(/C=C/c3ccccc3)nc2C#N)CC1. The summed E-state index contributed by atoms with van der Waals surface area (Å²) in [5, 5.41) is 9.30. The van der Waals surface area contributed by atoms with Gasteiger partial charge in [-0.05, 0) is 11.6 Å². The van der Waals surface area contributed by atoms with Crippen LogP contribution in [0.5, 0.6) is 0 Å². The second-order valence-corrected chi connectivity index (χ2v) is 5.55. The number of rotatable bonds is 3. The molecule has 1 fully saturated rings. The molecular formula is C18H18N4O2.